The molecule has 10 heteroatoms. The SMILES string of the molecule is c1ccc(N(C2=NC3=NC(N(c4ccccc4)c4cccc5ccccc45)=NC4=NC(N(c5ccccc5)c5cccc6ccccc56)=NC(=N2)N34)c2cccc3ccccc23)cc1. The molecule has 0 fully saturated rings. The molecule has 3 aliphatic rings. The molecule has 0 saturated heterocycles. The molecule has 302 valence electrons. The highest BCUT2D eigenvalue weighted by Crippen LogP contribution is 2.39. The number of aliphatic imine (C=N–C) groups is 6. The van der Waals surface area contributed by atoms with Crippen molar-refractivity contribution >= 4 is 102 Å². The number of guanidine groups is 6. The zero-order valence-electron chi connectivity index (χ0n) is 34.3. The molecule has 0 aromatic heterocycles. The van der Waals surface area contributed by atoms with Gasteiger partial charge in [0.1, 0.15) is 0 Å². The second-order valence-electron chi connectivity index (χ2n) is 15.3. The molecule has 10 nitrogen and oxygen atoms in total. The molecular formula is C54H36N10. The molecule has 9 aromatic carbocycles. The molecule has 0 bridgehead atoms. The summed E-state index contributed by atoms with van der Waals surface area (Å²) in [6, 6.07) is 74.3. The number of para-hydroxylation sites is 3. The summed E-state index contributed by atoms with van der Waals surface area (Å²) in [7, 11) is 0. The lowest BCUT2D eigenvalue weighted by Gasteiger charge is -2.36. The number of hydrogen-bond donors (Lipinski definition) is 0. The zero-order chi connectivity index (χ0) is 42.4. The molecule has 3 heterocycles. The van der Waals surface area contributed by atoms with Gasteiger partial charge in [-0.2, -0.15) is 30.0 Å². The molecule has 0 atom stereocenters. The van der Waals surface area contributed by atoms with E-state index in [9.17, 15) is 0 Å². The maximum absolute atomic E-state index is 5.32. The molecule has 0 spiro atoms. The van der Waals surface area contributed by atoms with Gasteiger partial charge in [-0.15, -0.1) is 0 Å². The van der Waals surface area contributed by atoms with Gasteiger partial charge in [-0.05, 0) is 70.8 Å². The van der Waals surface area contributed by atoms with Crippen LogP contribution >= 0.6 is 0 Å². The smallest absolute Gasteiger partial charge is 0.246 e. The summed E-state index contributed by atoms with van der Waals surface area (Å²) < 4.78 is 0. The minimum Gasteiger partial charge on any atom is -0.278 e. The largest absolute Gasteiger partial charge is 0.278 e. The van der Waals surface area contributed by atoms with Crippen molar-refractivity contribution in [3.05, 3.63) is 218 Å². The maximum Gasteiger partial charge on any atom is 0.246 e. The number of benzene rings is 9. The third kappa shape index (κ3) is 6.36. The van der Waals surface area contributed by atoms with Crippen LogP contribution in [-0.4, -0.2) is 40.7 Å². The van der Waals surface area contributed by atoms with Crippen LogP contribution in [0.15, 0.2) is 248 Å². The monoisotopic (exact) mass is 824 g/mol. The fraction of sp³-hybridized carbons (Fsp3) is 0. The maximum atomic E-state index is 5.32. The first-order valence-corrected chi connectivity index (χ1v) is 21.1. The minimum atomic E-state index is 0.324. The van der Waals surface area contributed by atoms with Gasteiger partial charge in [-0.25, -0.2) is 4.90 Å². The van der Waals surface area contributed by atoms with E-state index < -0.39 is 0 Å². The number of nitrogens with zero attached hydrogens (tertiary/aromatic N) is 10. The van der Waals surface area contributed by atoms with Gasteiger partial charge in [-0.1, -0.05) is 164 Å². The van der Waals surface area contributed by atoms with E-state index in [1.54, 1.807) is 4.90 Å². The Bertz CT molecular complexity index is 3080. The average Bonchev–Trinajstić information content (AvgIpc) is 3.35. The number of rotatable bonds is 6. The van der Waals surface area contributed by atoms with Crippen LogP contribution in [0, 0.1) is 0 Å². The van der Waals surface area contributed by atoms with Gasteiger partial charge in [0.15, 0.2) is 0 Å². The van der Waals surface area contributed by atoms with Crippen molar-refractivity contribution in [1.82, 2.24) is 4.90 Å². The molecule has 3 aliphatic heterocycles. The first-order chi connectivity index (χ1) is 31.7. The second kappa shape index (κ2) is 15.5. The molecule has 0 saturated carbocycles. The van der Waals surface area contributed by atoms with Gasteiger partial charge in [0, 0.05) is 33.2 Å². The highest BCUT2D eigenvalue weighted by molar-refractivity contribution is 6.35. The summed E-state index contributed by atoms with van der Waals surface area (Å²) in [5.74, 6) is 2.11. The van der Waals surface area contributed by atoms with Crippen molar-refractivity contribution in [2.24, 2.45) is 30.0 Å². The molecule has 0 radical (unpaired) electrons. The summed E-state index contributed by atoms with van der Waals surface area (Å²) in [5, 5.41) is 6.39. The number of hydrogen-bond acceptors (Lipinski definition) is 10. The first-order valence-electron chi connectivity index (χ1n) is 21.1. The Morgan fingerprint density at radius 2 is 0.516 bits per heavy atom. The van der Waals surface area contributed by atoms with Gasteiger partial charge in [0.25, 0.3) is 0 Å². The molecule has 12 rings (SSSR count). The van der Waals surface area contributed by atoms with Crippen molar-refractivity contribution in [2.45, 2.75) is 0 Å². The van der Waals surface area contributed by atoms with Crippen LogP contribution in [0.3, 0.4) is 0 Å². The van der Waals surface area contributed by atoms with E-state index in [2.05, 4.69) is 178 Å². The number of anilines is 6. The quantitative estimate of drug-likeness (QED) is 0.167. The van der Waals surface area contributed by atoms with Crippen LogP contribution in [0.25, 0.3) is 32.3 Å². The lowest BCUT2D eigenvalue weighted by Crippen LogP contribution is -2.51. The van der Waals surface area contributed by atoms with Crippen LogP contribution in [-0.2, 0) is 0 Å². The normalized spacial score (nSPS) is 14.2. The molecule has 0 unspecified atom stereocenters. The van der Waals surface area contributed by atoms with Crippen LogP contribution in [0.4, 0.5) is 34.1 Å². The van der Waals surface area contributed by atoms with Crippen LogP contribution < -0.4 is 14.7 Å². The molecular weight excluding hydrogens is 789 g/mol. The van der Waals surface area contributed by atoms with E-state index in [0.29, 0.717) is 35.8 Å². The Hall–Kier alpha value is -9.02. The standard InChI is InChI=1S/C54H36N10/c1-4-25-40(26-5-1)61(46-34-16-22-37-19-10-13-31-43(37)46)49-55-52-57-50(62(41-27-6-2-7-28-41)47-35-17-23-38-20-11-14-32-44(38)47)59-54-60-51(58-53(56-49)64(52)54)63(42-29-8-3-9-30-42)48-36-18-24-39-21-12-15-33-45(39)48/h1-36H. The Kier molecular flexibility index (Phi) is 8.89. The predicted octanol–water partition coefficient (Wildman–Crippen LogP) is 12.4. The van der Waals surface area contributed by atoms with Crippen molar-refractivity contribution in [3.8, 4) is 0 Å². The predicted molar refractivity (Wildman–Crippen MR) is 264 cm³/mol. The molecule has 64 heavy (non-hydrogen) atoms. The van der Waals surface area contributed by atoms with Gasteiger partial charge < -0.3 is 0 Å². The van der Waals surface area contributed by atoms with Gasteiger partial charge >= 0.3 is 0 Å². The summed E-state index contributed by atoms with van der Waals surface area (Å²) in [6.07, 6.45) is 0. The van der Waals surface area contributed by atoms with Gasteiger partial charge in [0.2, 0.25) is 35.8 Å². The molecule has 9 aromatic rings. The highest BCUT2D eigenvalue weighted by atomic mass is 15.6. The third-order valence-electron chi connectivity index (χ3n) is 11.5. The van der Waals surface area contributed by atoms with E-state index in [-0.39, 0.29) is 0 Å². The molecule has 0 amide bonds. The summed E-state index contributed by atoms with van der Waals surface area (Å²) in [5.41, 5.74) is 5.34. The van der Waals surface area contributed by atoms with Crippen molar-refractivity contribution in [2.75, 3.05) is 14.7 Å². The lowest BCUT2D eigenvalue weighted by atomic mass is 10.1. The Morgan fingerprint density at radius 3 is 0.828 bits per heavy atom. The Labute approximate surface area is 368 Å². The highest BCUT2D eigenvalue weighted by Gasteiger charge is 2.39. The van der Waals surface area contributed by atoms with Crippen molar-refractivity contribution in [1.29, 1.82) is 0 Å². The van der Waals surface area contributed by atoms with E-state index in [4.69, 9.17) is 30.0 Å². The summed E-state index contributed by atoms with van der Waals surface area (Å²) in [6.45, 7) is 0. The fourth-order valence-corrected chi connectivity index (χ4v) is 8.58. The second-order valence-corrected chi connectivity index (χ2v) is 15.3. The number of fused-ring (bicyclic) bond motifs is 3. The summed E-state index contributed by atoms with van der Waals surface area (Å²) >= 11 is 0. The fourth-order valence-electron chi connectivity index (χ4n) is 8.58. The van der Waals surface area contributed by atoms with E-state index in [1.807, 2.05) is 54.6 Å². The minimum absolute atomic E-state index is 0.324. The van der Waals surface area contributed by atoms with Crippen molar-refractivity contribution in [3.63, 3.8) is 0 Å². The van der Waals surface area contributed by atoms with Gasteiger partial charge in [0.05, 0.1) is 17.1 Å². The third-order valence-corrected chi connectivity index (χ3v) is 11.5. The van der Waals surface area contributed by atoms with Gasteiger partial charge in [-0.3, -0.25) is 14.7 Å². The van der Waals surface area contributed by atoms with Crippen LogP contribution in [0.5, 0.6) is 0 Å². The van der Waals surface area contributed by atoms with Crippen LogP contribution in [0.1, 0.15) is 0 Å². The van der Waals surface area contributed by atoms with Crippen LogP contribution in [0.2, 0.25) is 0 Å². The van der Waals surface area contributed by atoms with Crippen molar-refractivity contribution < 1.29 is 0 Å². The molecule has 0 aliphatic carbocycles. The lowest BCUT2D eigenvalue weighted by molar-refractivity contribution is 0.821. The van der Waals surface area contributed by atoms with E-state index >= 15 is 0 Å². The van der Waals surface area contributed by atoms with E-state index in [0.717, 1.165) is 66.4 Å². The Morgan fingerprint density at radius 1 is 0.250 bits per heavy atom. The molecule has 0 N–H and O–H groups in total. The first kappa shape index (κ1) is 36.8. The topological polar surface area (TPSA) is 87.1 Å². The Balaban J connectivity index is 1.13. The average molecular weight is 825 g/mol. The van der Waals surface area contributed by atoms with E-state index in [1.165, 1.54) is 0 Å². The summed E-state index contributed by atoms with van der Waals surface area (Å²) in [4.78, 5) is 39.8. The zero-order valence-corrected chi connectivity index (χ0v) is 34.3.